The standard InChI is InChI=1S/C22H19FN2O3S2/c1-3-28-22(27)19-13(2)25-21(30-12-17(26)18-5-4-10-29-18)16(11-24)20(19)14-6-8-15(23)9-7-14/h4-10,20,25H,3,12H2,1-2H3/t20-/m0/s1. The third-order valence-corrected chi connectivity index (χ3v) is 6.42. The molecule has 154 valence electrons. The molecule has 0 saturated heterocycles. The van der Waals surface area contributed by atoms with E-state index in [-0.39, 0.29) is 18.1 Å². The molecule has 1 N–H and O–H groups in total. The Kier molecular flexibility index (Phi) is 7.08. The van der Waals surface area contributed by atoms with E-state index in [0.29, 0.717) is 32.3 Å². The molecule has 2 heterocycles. The first kappa shape index (κ1) is 21.8. The summed E-state index contributed by atoms with van der Waals surface area (Å²) >= 11 is 2.57. The molecule has 0 unspecified atom stereocenters. The molecule has 2 aromatic rings. The van der Waals surface area contributed by atoms with Gasteiger partial charge in [-0.3, -0.25) is 4.79 Å². The molecule has 1 aliphatic rings. The number of esters is 1. The predicted octanol–water partition coefficient (Wildman–Crippen LogP) is 4.76. The van der Waals surface area contributed by atoms with Gasteiger partial charge in [-0.2, -0.15) is 5.26 Å². The van der Waals surface area contributed by atoms with Gasteiger partial charge < -0.3 is 10.1 Å². The zero-order valence-corrected chi connectivity index (χ0v) is 18.0. The van der Waals surface area contributed by atoms with Gasteiger partial charge in [-0.25, -0.2) is 9.18 Å². The molecule has 1 aromatic carbocycles. The summed E-state index contributed by atoms with van der Waals surface area (Å²) in [5.74, 6) is -1.56. The average molecular weight is 443 g/mol. The van der Waals surface area contributed by atoms with E-state index in [0.717, 1.165) is 0 Å². The number of ketones is 1. The van der Waals surface area contributed by atoms with Gasteiger partial charge in [0.1, 0.15) is 5.82 Å². The maximum Gasteiger partial charge on any atom is 0.336 e. The molecule has 0 aliphatic carbocycles. The Morgan fingerprint density at radius 3 is 2.63 bits per heavy atom. The third kappa shape index (κ3) is 4.64. The van der Waals surface area contributed by atoms with Crippen molar-refractivity contribution >= 4 is 34.9 Å². The van der Waals surface area contributed by atoms with Crippen molar-refractivity contribution in [1.29, 1.82) is 5.26 Å². The number of hydrogen-bond donors (Lipinski definition) is 1. The molecular formula is C22H19FN2O3S2. The highest BCUT2D eigenvalue weighted by atomic mass is 32.2. The minimum atomic E-state index is -0.713. The lowest BCUT2D eigenvalue weighted by molar-refractivity contribution is -0.138. The molecule has 1 aromatic heterocycles. The van der Waals surface area contributed by atoms with Crippen LogP contribution in [0.2, 0.25) is 0 Å². The van der Waals surface area contributed by atoms with Gasteiger partial charge in [0.15, 0.2) is 5.78 Å². The third-order valence-electron chi connectivity index (χ3n) is 4.49. The van der Waals surface area contributed by atoms with Crippen LogP contribution in [0.1, 0.15) is 35.0 Å². The Morgan fingerprint density at radius 2 is 2.03 bits per heavy atom. The number of Topliss-reactive ketones (excluding diaryl/α,β-unsaturated/α-hetero) is 1. The van der Waals surface area contributed by atoms with Crippen molar-refractivity contribution in [2.45, 2.75) is 19.8 Å². The monoisotopic (exact) mass is 442 g/mol. The van der Waals surface area contributed by atoms with Gasteiger partial charge in [-0.05, 0) is 43.0 Å². The van der Waals surface area contributed by atoms with E-state index in [1.54, 1.807) is 32.0 Å². The molecule has 8 heteroatoms. The second kappa shape index (κ2) is 9.74. The number of nitrogens with one attached hydrogen (secondary N) is 1. The van der Waals surface area contributed by atoms with Crippen molar-refractivity contribution in [2.24, 2.45) is 0 Å². The van der Waals surface area contributed by atoms with Crippen LogP contribution in [0.5, 0.6) is 0 Å². The lowest BCUT2D eigenvalue weighted by Crippen LogP contribution is -2.29. The summed E-state index contributed by atoms with van der Waals surface area (Å²) in [6.45, 7) is 3.61. The van der Waals surface area contributed by atoms with Gasteiger partial charge in [0, 0.05) is 5.70 Å². The number of allylic oxidation sites excluding steroid dienone is 2. The van der Waals surface area contributed by atoms with E-state index in [2.05, 4.69) is 11.4 Å². The van der Waals surface area contributed by atoms with Gasteiger partial charge in [0.2, 0.25) is 0 Å². The molecule has 0 spiro atoms. The highest BCUT2D eigenvalue weighted by molar-refractivity contribution is 8.03. The second-order valence-corrected chi connectivity index (χ2v) is 8.35. The SMILES string of the molecule is CCOC(=O)C1=C(C)NC(SCC(=O)c2cccs2)=C(C#N)[C@@H]1c1ccc(F)cc1. The van der Waals surface area contributed by atoms with Crippen LogP contribution in [-0.4, -0.2) is 24.1 Å². The lowest BCUT2D eigenvalue weighted by Gasteiger charge is -2.29. The predicted molar refractivity (Wildman–Crippen MR) is 115 cm³/mol. The molecule has 0 radical (unpaired) electrons. The Hall–Kier alpha value is -2.89. The number of nitriles is 1. The van der Waals surface area contributed by atoms with Gasteiger partial charge in [-0.15, -0.1) is 11.3 Å². The van der Waals surface area contributed by atoms with E-state index in [4.69, 9.17) is 4.74 Å². The number of nitrogens with zero attached hydrogens (tertiary/aromatic N) is 1. The van der Waals surface area contributed by atoms with Gasteiger partial charge >= 0.3 is 5.97 Å². The van der Waals surface area contributed by atoms with Crippen LogP contribution in [-0.2, 0) is 9.53 Å². The van der Waals surface area contributed by atoms with Crippen LogP contribution in [0.15, 0.2) is 63.7 Å². The number of carbonyl (C=O) groups is 2. The molecule has 0 bridgehead atoms. The smallest absolute Gasteiger partial charge is 0.336 e. The van der Waals surface area contributed by atoms with Crippen LogP contribution in [0.3, 0.4) is 0 Å². The van der Waals surface area contributed by atoms with Crippen LogP contribution in [0, 0.1) is 17.1 Å². The molecule has 1 aliphatic heterocycles. The molecule has 1 atom stereocenters. The van der Waals surface area contributed by atoms with Gasteiger partial charge in [0.05, 0.1) is 45.4 Å². The topological polar surface area (TPSA) is 79.2 Å². The molecule has 5 nitrogen and oxygen atoms in total. The summed E-state index contributed by atoms with van der Waals surface area (Å²) in [5.41, 5.74) is 1.72. The Bertz CT molecular complexity index is 1050. The molecule has 0 amide bonds. The highest BCUT2D eigenvalue weighted by Crippen LogP contribution is 2.41. The fraction of sp³-hybridized carbons (Fsp3) is 0.227. The number of benzene rings is 1. The summed E-state index contributed by atoms with van der Waals surface area (Å²) in [6, 6.07) is 11.4. The van der Waals surface area contributed by atoms with E-state index in [1.165, 1.54) is 35.2 Å². The first-order chi connectivity index (χ1) is 14.5. The van der Waals surface area contributed by atoms with Crippen molar-refractivity contribution in [1.82, 2.24) is 5.32 Å². The maximum absolute atomic E-state index is 13.5. The zero-order valence-electron chi connectivity index (χ0n) is 16.4. The van der Waals surface area contributed by atoms with Gasteiger partial charge in [-0.1, -0.05) is 30.0 Å². The fourth-order valence-electron chi connectivity index (χ4n) is 3.14. The number of dihydropyridines is 1. The van der Waals surface area contributed by atoms with Gasteiger partial charge in [0.25, 0.3) is 0 Å². The number of thioether (sulfide) groups is 1. The first-order valence-corrected chi connectivity index (χ1v) is 11.1. The summed E-state index contributed by atoms with van der Waals surface area (Å²) < 4.78 is 18.7. The van der Waals surface area contributed by atoms with Crippen molar-refractivity contribution in [3.63, 3.8) is 0 Å². The lowest BCUT2D eigenvalue weighted by atomic mass is 9.82. The summed E-state index contributed by atoms with van der Waals surface area (Å²) in [5, 5.41) is 15.3. The zero-order chi connectivity index (χ0) is 21.7. The van der Waals surface area contributed by atoms with Crippen LogP contribution in [0.25, 0.3) is 0 Å². The van der Waals surface area contributed by atoms with Crippen LogP contribution < -0.4 is 5.32 Å². The van der Waals surface area contributed by atoms with Crippen LogP contribution in [0.4, 0.5) is 4.39 Å². The number of thiophene rings is 1. The fourth-order valence-corrected chi connectivity index (χ4v) is 4.87. The molecule has 0 saturated carbocycles. The van der Waals surface area contributed by atoms with E-state index in [1.807, 2.05) is 11.4 Å². The molecule has 0 fully saturated rings. The Morgan fingerprint density at radius 1 is 1.30 bits per heavy atom. The van der Waals surface area contributed by atoms with E-state index >= 15 is 0 Å². The van der Waals surface area contributed by atoms with Crippen molar-refractivity contribution < 1.29 is 18.7 Å². The molecule has 30 heavy (non-hydrogen) atoms. The first-order valence-electron chi connectivity index (χ1n) is 9.20. The highest BCUT2D eigenvalue weighted by Gasteiger charge is 2.35. The number of rotatable bonds is 7. The van der Waals surface area contributed by atoms with E-state index < -0.39 is 17.7 Å². The number of hydrogen-bond acceptors (Lipinski definition) is 7. The number of ether oxygens (including phenoxy) is 1. The van der Waals surface area contributed by atoms with E-state index in [9.17, 15) is 19.2 Å². The number of halogens is 1. The van der Waals surface area contributed by atoms with Crippen molar-refractivity contribution in [3.8, 4) is 6.07 Å². The maximum atomic E-state index is 13.5. The summed E-state index contributed by atoms with van der Waals surface area (Å²) in [7, 11) is 0. The Balaban J connectivity index is 1.99. The summed E-state index contributed by atoms with van der Waals surface area (Å²) in [4.78, 5) is 25.7. The van der Waals surface area contributed by atoms with Crippen molar-refractivity contribution in [3.05, 3.63) is 79.9 Å². The van der Waals surface area contributed by atoms with Crippen molar-refractivity contribution in [2.75, 3.05) is 12.4 Å². The average Bonchev–Trinajstić information content (AvgIpc) is 3.27. The normalized spacial score (nSPS) is 16.1. The summed E-state index contributed by atoms with van der Waals surface area (Å²) in [6.07, 6.45) is 0. The largest absolute Gasteiger partial charge is 0.463 e. The minimum absolute atomic E-state index is 0.0438. The second-order valence-electron chi connectivity index (χ2n) is 6.41. The molecule has 3 rings (SSSR count). The molecular weight excluding hydrogens is 423 g/mol. The number of carbonyl (C=O) groups excluding carboxylic acids is 2. The van der Waals surface area contributed by atoms with Crippen LogP contribution >= 0.6 is 23.1 Å². The minimum Gasteiger partial charge on any atom is -0.463 e. The Labute approximate surface area is 182 Å². The quantitative estimate of drug-likeness (QED) is 0.492.